The van der Waals surface area contributed by atoms with Gasteiger partial charge in [-0.2, -0.15) is 5.10 Å². The standard InChI is InChI=1S/C12H14BrN5O2/c1-7-10(13)9(17(2)15-7)6-18-5-3-4-8(12(18)19)11(14)16-20/h3-5,20H,6H2,1-2H3,(H2,14,16). The highest BCUT2D eigenvalue weighted by molar-refractivity contribution is 9.10. The maximum atomic E-state index is 12.2. The molecule has 0 aliphatic carbocycles. The zero-order valence-electron chi connectivity index (χ0n) is 11.0. The fourth-order valence-electron chi connectivity index (χ4n) is 1.92. The van der Waals surface area contributed by atoms with Crippen LogP contribution < -0.4 is 11.3 Å². The van der Waals surface area contributed by atoms with Gasteiger partial charge in [-0.25, -0.2) is 0 Å². The molecule has 0 fully saturated rings. The van der Waals surface area contributed by atoms with Gasteiger partial charge in [-0.05, 0) is 35.0 Å². The second-order valence-electron chi connectivity index (χ2n) is 4.31. The van der Waals surface area contributed by atoms with E-state index in [0.29, 0.717) is 6.54 Å². The normalized spacial score (nSPS) is 11.8. The van der Waals surface area contributed by atoms with Crippen molar-refractivity contribution in [2.45, 2.75) is 13.5 Å². The van der Waals surface area contributed by atoms with Gasteiger partial charge in [0.15, 0.2) is 5.84 Å². The van der Waals surface area contributed by atoms with Crippen LogP contribution in [0.2, 0.25) is 0 Å². The predicted octanol–water partition coefficient (Wildman–Crippen LogP) is 0.796. The summed E-state index contributed by atoms with van der Waals surface area (Å²) in [7, 11) is 1.81. The Morgan fingerprint density at radius 2 is 2.30 bits per heavy atom. The zero-order valence-corrected chi connectivity index (χ0v) is 12.6. The molecule has 0 saturated heterocycles. The number of aryl methyl sites for hydroxylation is 2. The Morgan fingerprint density at radius 1 is 1.60 bits per heavy atom. The van der Waals surface area contributed by atoms with E-state index in [1.54, 1.807) is 16.9 Å². The number of hydrogen-bond acceptors (Lipinski definition) is 4. The van der Waals surface area contributed by atoms with Gasteiger partial charge in [0.1, 0.15) is 0 Å². The number of nitrogens with two attached hydrogens (primary N) is 1. The first kappa shape index (κ1) is 14.3. The molecule has 2 aromatic heterocycles. The number of rotatable bonds is 3. The van der Waals surface area contributed by atoms with Gasteiger partial charge in [-0.3, -0.25) is 9.48 Å². The van der Waals surface area contributed by atoms with Gasteiger partial charge in [0.25, 0.3) is 5.56 Å². The SMILES string of the molecule is Cc1nn(C)c(Cn2cccc(/C(N)=N/O)c2=O)c1Br. The monoisotopic (exact) mass is 339 g/mol. The molecule has 0 saturated carbocycles. The number of amidine groups is 1. The number of halogens is 1. The molecule has 0 radical (unpaired) electrons. The third kappa shape index (κ3) is 2.46. The Bertz CT molecular complexity index is 732. The van der Waals surface area contributed by atoms with Crippen LogP contribution in [0, 0.1) is 6.92 Å². The summed E-state index contributed by atoms with van der Waals surface area (Å²) in [5, 5.41) is 15.8. The van der Waals surface area contributed by atoms with Crippen LogP contribution in [0.5, 0.6) is 0 Å². The van der Waals surface area contributed by atoms with E-state index < -0.39 is 0 Å². The number of nitrogens with zero attached hydrogens (tertiary/aromatic N) is 4. The molecule has 20 heavy (non-hydrogen) atoms. The molecule has 0 amide bonds. The minimum absolute atomic E-state index is 0.157. The second kappa shape index (κ2) is 5.49. The molecular weight excluding hydrogens is 326 g/mol. The Hall–Kier alpha value is -2.09. The summed E-state index contributed by atoms with van der Waals surface area (Å²) in [6, 6.07) is 3.18. The maximum Gasteiger partial charge on any atom is 0.262 e. The first-order chi connectivity index (χ1) is 9.45. The topological polar surface area (TPSA) is 98.4 Å². The largest absolute Gasteiger partial charge is 0.409 e. The smallest absolute Gasteiger partial charge is 0.262 e. The van der Waals surface area contributed by atoms with E-state index in [2.05, 4.69) is 26.2 Å². The lowest BCUT2D eigenvalue weighted by molar-refractivity contribution is 0.318. The Balaban J connectivity index is 2.48. The molecule has 0 aliphatic rings. The van der Waals surface area contributed by atoms with Gasteiger partial charge in [-0.15, -0.1) is 0 Å². The highest BCUT2D eigenvalue weighted by atomic mass is 79.9. The summed E-state index contributed by atoms with van der Waals surface area (Å²) in [6.07, 6.45) is 1.64. The van der Waals surface area contributed by atoms with Crippen LogP contribution in [-0.4, -0.2) is 25.4 Å². The number of aromatic nitrogens is 3. The quantitative estimate of drug-likeness (QED) is 0.374. The molecular formula is C12H14BrN5O2. The summed E-state index contributed by atoms with van der Waals surface area (Å²) in [5.41, 5.74) is 7.03. The van der Waals surface area contributed by atoms with Crippen molar-refractivity contribution < 1.29 is 5.21 Å². The minimum Gasteiger partial charge on any atom is -0.409 e. The highest BCUT2D eigenvalue weighted by Crippen LogP contribution is 2.20. The van der Waals surface area contributed by atoms with Crippen molar-refractivity contribution in [1.29, 1.82) is 0 Å². The van der Waals surface area contributed by atoms with E-state index in [0.717, 1.165) is 15.9 Å². The fourth-order valence-corrected chi connectivity index (χ4v) is 2.38. The second-order valence-corrected chi connectivity index (χ2v) is 5.10. The first-order valence-electron chi connectivity index (χ1n) is 5.81. The maximum absolute atomic E-state index is 12.2. The zero-order chi connectivity index (χ0) is 14.9. The van der Waals surface area contributed by atoms with Crippen LogP contribution in [0.4, 0.5) is 0 Å². The lowest BCUT2D eigenvalue weighted by atomic mass is 10.2. The highest BCUT2D eigenvalue weighted by Gasteiger charge is 2.13. The molecule has 2 aromatic rings. The van der Waals surface area contributed by atoms with Crippen LogP contribution in [0.15, 0.2) is 32.8 Å². The summed E-state index contributed by atoms with van der Waals surface area (Å²) in [6.45, 7) is 2.21. The number of oxime groups is 1. The third-order valence-corrected chi connectivity index (χ3v) is 4.02. The summed E-state index contributed by atoms with van der Waals surface area (Å²) >= 11 is 3.46. The Morgan fingerprint density at radius 3 is 2.85 bits per heavy atom. The van der Waals surface area contributed by atoms with Gasteiger partial charge in [0.05, 0.1) is 28.0 Å². The summed E-state index contributed by atoms with van der Waals surface area (Å²) < 4.78 is 4.05. The predicted molar refractivity (Wildman–Crippen MR) is 78.0 cm³/mol. The van der Waals surface area contributed by atoms with E-state index in [4.69, 9.17) is 10.9 Å². The van der Waals surface area contributed by atoms with E-state index in [1.807, 2.05) is 14.0 Å². The first-order valence-corrected chi connectivity index (χ1v) is 6.60. The molecule has 0 atom stereocenters. The molecule has 0 aliphatic heterocycles. The van der Waals surface area contributed by atoms with Crippen molar-refractivity contribution >= 4 is 21.8 Å². The molecule has 2 rings (SSSR count). The molecule has 2 heterocycles. The molecule has 0 bridgehead atoms. The molecule has 7 nitrogen and oxygen atoms in total. The van der Waals surface area contributed by atoms with Gasteiger partial charge in [0, 0.05) is 13.2 Å². The van der Waals surface area contributed by atoms with Crippen LogP contribution >= 0.6 is 15.9 Å². The minimum atomic E-state index is -0.325. The molecule has 0 aromatic carbocycles. The molecule has 0 unspecified atom stereocenters. The van der Waals surface area contributed by atoms with Gasteiger partial charge in [-0.1, -0.05) is 5.16 Å². The average Bonchev–Trinajstić information content (AvgIpc) is 2.66. The number of pyridine rings is 1. The van der Waals surface area contributed by atoms with E-state index >= 15 is 0 Å². The third-order valence-electron chi connectivity index (χ3n) is 2.99. The Kier molecular flexibility index (Phi) is 3.93. The lowest BCUT2D eigenvalue weighted by Crippen LogP contribution is -2.30. The molecule has 0 spiro atoms. The lowest BCUT2D eigenvalue weighted by Gasteiger charge is -2.08. The van der Waals surface area contributed by atoms with E-state index in [9.17, 15) is 4.79 Å². The molecule has 8 heteroatoms. The fraction of sp³-hybridized carbons (Fsp3) is 0.250. The van der Waals surface area contributed by atoms with Crippen molar-refractivity contribution in [3.63, 3.8) is 0 Å². The average molecular weight is 340 g/mol. The van der Waals surface area contributed by atoms with E-state index in [1.165, 1.54) is 10.6 Å². The van der Waals surface area contributed by atoms with Crippen molar-refractivity contribution in [1.82, 2.24) is 14.3 Å². The summed E-state index contributed by atoms with van der Waals surface area (Å²) in [4.78, 5) is 12.2. The number of hydrogen-bond donors (Lipinski definition) is 2. The van der Waals surface area contributed by atoms with Crippen molar-refractivity contribution in [3.05, 3.63) is 50.1 Å². The van der Waals surface area contributed by atoms with Gasteiger partial charge in [0.2, 0.25) is 0 Å². The van der Waals surface area contributed by atoms with Crippen molar-refractivity contribution in [2.75, 3.05) is 0 Å². The van der Waals surface area contributed by atoms with Crippen LogP contribution in [0.3, 0.4) is 0 Å². The summed E-state index contributed by atoms with van der Waals surface area (Å²) in [5.74, 6) is -0.204. The van der Waals surface area contributed by atoms with Crippen molar-refractivity contribution in [3.8, 4) is 0 Å². The van der Waals surface area contributed by atoms with E-state index in [-0.39, 0.29) is 17.0 Å². The van der Waals surface area contributed by atoms with Gasteiger partial charge < -0.3 is 15.5 Å². The Labute approximate surface area is 123 Å². The molecule has 106 valence electrons. The molecule has 3 N–H and O–H groups in total. The van der Waals surface area contributed by atoms with Crippen LogP contribution in [0.25, 0.3) is 0 Å². The van der Waals surface area contributed by atoms with Crippen molar-refractivity contribution in [2.24, 2.45) is 17.9 Å². The van der Waals surface area contributed by atoms with Crippen LogP contribution in [0.1, 0.15) is 17.0 Å². The van der Waals surface area contributed by atoms with Gasteiger partial charge >= 0.3 is 0 Å². The van der Waals surface area contributed by atoms with Crippen LogP contribution in [-0.2, 0) is 13.6 Å².